The summed E-state index contributed by atoms with van der Waals surface area (Å²) in [5, 5.41) is 0. The maximum absolute atomic E-state index is 11.9. The van der Waals surface area contributed by atoms with Crippen LogP contribution in [-0.4, -0.2) is 5.52 Å². The Labute approximate surface area is 158 Å². The Bertz CT molecular complexity index is 448. The van der Waals surface area contributed by atoms with Crippen molar-refractivity contribution in [3.05, 3.63) is 41.3 Å². The van der Waals surface area contributed by atoms with E-state index in [1.165, 1.54) is 23.1 Å². The summed E-state index contributed by atoms with van der Waals surface area (Å²) in [6, 6.07) is 4.41. The number of unbranched alkanes of at least 4 members (excludes halogenated alkanes) is 1. The zero-order valence-corrected chi connectivity index (χ0v) is 17.6. The van der Waals surface area contributed by atoms with Gasteiger partial charge in [0.1, 0.15) is 0 Å². The Morgan fingerprint density at radius 2 is 1.35 bits per heavy atom. The summed E-state index contributed by atoms with van der Waals surface area (Å²) < 4.78 is 0. The molecule has 0 N–H and O–H groups in total. The van der Waals surface area contributed by atoms with E-state index in [9.17, 15) is 4.79 Å². The minimum absolute atomic E-state index is 0. The molecule has 0 heterocycles. The molecule has 1 aromatic carbocycles. The van der Waals surface area contributed by atoms with Gasteiger partial charge in [0.15, 0.2) is 5.52 Å². The molecule has 3 heteroatoms. The fourth-order valence-corrected chi connectivity index (χ4v) is 2.57. The predicted molar refractivity (Wildman–Crippen MR) is 103 cm³/mol. The van der Waals surface area contributed by atoms with Gasteiger partial charge in [-0.05, 0) is 34.4 Å². The van der Waals surface area contributed by atoms with Gasteiger partial charge in [-0.1, -0.05) is 76.3 Å². The molecule has 0 spiro atoms. The summed E-state index contributed by atoms with van der Waals surface area (Å²) in [7, 11) is 2.33. The first kappa shape index (κ1) is 25.2. The molecule has 0 amide bonds. The predicted octanol–water partition coefficient (Wildman–Crippen LogP) is 3.70. The molecule has 0 radical (unpaired) electrons. The van der Waals surface area contributed by atoms with Crippen LogP contribution in [0.25, 0.3) is 0 Å². The number of hydrogen-bond acceptors (Lipinski definition) is 1. The van der Waals surface area contributed by atoms with Crippen LogP contribution in [0.2, 0.25) is 0 Å². The summed E-state index contributed by atoms with van der Waals surface area (Å²) >= 11 is 0. The maximum atomic E-state index is 11.9. The molecule has 1 aromatic rings. The first-order valence-electron chi connectivity index (χ1n) is 8.43. The minimum atomic E-state index is 0. The number of carbonyl (C=O) groups excluding carboxylic acids is 1. The molecule has 0 saturated carbocycles. The largest absolute Gasteiger partial charge is 1.00 e. The standard InChI is InChI=1S/C16H25OP.C4H9.Li/c1-9(2)12-7-13(10(3)4)15(16(17)18)14(8-12)11(5)6;1-3-4-2;/h7-11H,18H2,1-6H3;1,3-4H2,2H3;/q;-1;+1. The Hall–Kier alpha value is -0.0826. The van der Waals surface area contributed by atoms with E-state index < -0.39 is 0 Å². The molecule has 1 unspecified atom stereocenters. The summed E-state index contributed by atoms with van der Waals surface area (Å²) in [5.41, 5.74) is 4.72. The summed E-state index contributed by atoms with van der Waals surface area (Å²) in [5.74, 6) is 1.25. The molecule has 1 atom stereocenters. The first-order chi connectivity index (χ1) is 10.2. The van der Waals surface area contributed by atoms with Gasteiger partial charge in [0.25, 0.3) is 0 Å². The van der Waals surface area contributed by atoms with E-state index in [2.05, 4.69) is 76.8 Å². The van der Waals surface area contributed by atoms with Gasteiger partial charge in [0, 0.05) is 5.56 Å². The summed E-state index contributed by atoms with van der Waals surface area (Å²) in [4.78, 5) is 11.9. The molecule has 0 aliphatic rings. The molecule has 0 bridgehead atoms. The van der Waals surface area contributed by atoms with Crippen LogP contribution >= 0.6 is 9.24 Å². The zero-order valence-electron chi connectivity index (χ0n) is 16.5. The van der Waals surface area contributed by atoms with Crippen LogP contribution < -0.4 is 18.9 Å². The van der Waals surface area contributed by atoms with Crippen LogP contribution in [0.15, 0.2) is 12.1 Å². The van der Waals surface area contributed by atoms with Gasteiger partial charge >= 0.3 is 18.9 Å². The molecule has 126 valence electrons. The van der Waals surface area contributed by atoms with Gasteiger partial charge in [-0.15, -0.1) is 0 Å². The molecular formula is C20H34LiOP. The van der Waals surface area contributed by atoms with Gasteiger partial charge in [-0.3, -0.25) is 4.79 Å². The van der Waals surface area contributed by atoms with Crippen molar-refractivity contribution in [1.82, 2.24) is 0 Å². The monoisotopic (exact) mass is 328 g/mol. The van der Waals surface area contributed by atoms with E-state index >= 15 is 0 Å². The van der Waals surface area contributed by atoms with Crippen LogP contribution in [0.1, 0.15) is 106 Å². The Balaban J connectivity index is 0. The van der Waals surface area contributed by atoms with Crippen molar-refractivity contribution in [1.29, 1.82) is 0 Å². The molecule has 1 rings (SSSR count). The number of carbonyl (C=O) groups is 1. The second-order valence-electron chi connectivity index (χ2n) is 6.76. The van der Waals surface area contributed by atoms with E-state index in [4.69, 9.17) is 0 Å². The third kappa shape index (κ3) is 8.02. The summed E-state index contributed by atoms with van der Waals surface area (Å²) in [6.45, 7) is 18.7. The van der Waals surface area contributed by atoms with E-state index in [1.54, 1.807) is 0 Å². The fourth-order valence-electron chi connectivity index (χ4n) is 2.24. The Kier molecular flexibility index (Phi) is 13.5. The molecule has 0 saturated heterocycles. The smallest absolute Gasteiger partial charge is 0.343 e. The third-order valence-electron chi connectivity index (χ3n) is 3.73. The van der Waals surface area contributed by atoms with E-state index in [0.717, 1.165) is 12.0 Å². The van der Waals surface area contributed by atoms with Crippen molar-refractivity contribution in [3.8, 4) is 0 Å². The Morgan fingerprint density at radius 1 is 1.00 bits per heavy atom. The van der Waals surface area contributed by atoms with Gasteiger partial charge < -0.3 is 6.92 Å². The van der Waals surface area contributed by atoms with Crippen molar-refractivity contribution in [2.24, 2.45) is 0 Å². The van der Waals surface area contributed by atoms with Gasteiger partial charge in [0.2, 0.25) is 0 Å². The second kappa shape index (κ2) is 12.3. The van der Waals surface area contributed by atoms with Crippen molar-refractivity contribution in [2.75, 3.05) is 0 Å². The van der Waals surface area contributed by atoms with Crippen LogP contribution in [0.5, 0.6) is 0 Å². The zero-order chi connectivity index (χ0) is 17.4. The van der Waals surface area contributed by atoms with E-state index in [-0.39, 0.29) is 24.4 Å². The van der Waals surface area contributed by atoms with Crippen LogP contribution in [-0.2, 0) is 0 Å². The van der Waals surface area contributed by atoms with Crippen LogP contribution in [0, 0.1) is 6.92 Å². The first-order valence-corrected chi connectivity index (χ1v) is 9.01. The second-order valence-corrected chi connectivity index (χ2v) is 7.28. The average molecular weight is 328 g/mol. The topological polar surface area (TPSA) is 17.1 Å². The molecule has 0 fully saturated rings. The molecule has 0 aliphatic heterocycles. The molecular weight excluding hydrogens is 294 g/mol. The summed E-state index contributed by atoms with van der Waals surface area (Å²) in [6.07, 6.45) is 2.28. The quantitative estimate of drug-likeness (QED) is 0.458. The number of benzene rings is 1. The van der Waals surface area contributed by atoms with Crippen LogP contribution in [0.3, 0.4) is 0 Å². The van der Waals surface area contributed by atoms with Gasteiger partial charge in [0.05, 0.1) is 0 Å². The maximum Gasteiger partial charge on any atom is 1.00 e. The fraction of sp³-hybridized carbons (Fsp3) is 0.600. The van der Waals surface area contributed by atoms with Crippen molar-refractivity contribution in [3.63, 3.8) is 0 Å². The average Bonchev–Trinajstić information content (AvgIpc) is 2.45. The minimum Gasteiger partial charge on any atom is -0.343 e. The molecule has 0 aliphatic carbocycles. The van der Waals surface area contributed by atoms with Gasteiger partial charge in [-0.2, -0.15) is 6.42 Å². The SMILES string of the molecule is CC(C)c1cc(C(C)C)c(C(=O)P)c(C(C)C)c1.[CH2-]CCC.[Li+]. The molecule has 1 nitrogen and oxygen atoms in total. The van der Waals surface area contributed by atoms with E-state index in [0.29, 0.717) is 17.8 Å². The Morgan fingerprint density at radius 3 is 1.52 bits per heavy atom. The van der Waals surface area contributed by atoms with Crippen molar-refractivity contribution in [2.45, 2.75) is 79.1 Å². The molecule has 23 heavy (non-hydrogen) atoms. The third-order valence-corrected chi connectivity index (χ3v) is 4.02. The van der Waals surface area contributed by atoms with Crippen LogP contribution in [0.4, 0.5) is 0 Å². The normalized spacial score (nSPS) is 10.4. The van der Waals surface area contributed by atoms with Crippen molar-refractivity contribution < 1.29 is 23.7 Å². The van der Waals surface area contributed by atoms with E-state index in [1.807, 2.05) is 0 Å². The van der Waals surface area contributed by atoms with Crippen molar-refractivity contribution >= 4 is 14.8 Å². The number of rotatable bonds is 5. The van der Waals surface area contributed by atoms with Gasteiger partial charge in [-0.25, -0.2) is 0 Å². The number of hydrogen-bond donors (Lipinski definition) is 0. The molecule has 0 aromatic heterocycles.